The van der Waals surface area contributed by atoms with Crippen LogP contribution >= 0.6 is 11.6 Å². The molecule has 6 nitrogen and oxygen atoms in total. The first kappa shape index (κ1) is 22.9. The van der Waals surface area contributed by atoms with Gasteiger partial charge in [0, 0.05) is 29.0 Å². The van der Waals surface area contributed by atoms with Crippen molar-refractivity contribution in [1.82, 2.24) is 15.3 Å². The van der Waals surface area contributed by atoms with Crippen LogP contribution in [-0.2, 0) is 17.5 Å². The Hall–Kier alpha value is -2.39. The van der Waals surface area contributed by atoms with Crippen molar-refractivity contribution in [2.75, 3.05) is 11.9 Å². The van der Waals surface area contributed by atoms with E-state index in [0.29, 0.717) is 16.6 Å². The number of nitrogens with zero attached hydrogens (tertiary/aromatic N) is 2. The van der Waals surface area contributed by atoms with Crippen LogP contribution in [0.1, 0.15) is 36.9 Å². The molecule has 158 valence electrons. The van der Waals surface area contributed by atoms with E-state index in [0.717, 1.165) is 19.4 Å². The summed E-state index contributed by atoms with van der Waals surface area (Å²) in [6.07, 6.45) is 1.36. The molecule has 1 heterocycles. The number of aromatic nitrogens is 2. The highest BCUT2D eigenvalue weighted by Crippen LogP contribution is 2.31. The van der Waals surface area contributed by atoms with Crippen LogP contribution in [0.4, 0.5) is 24.8 Å². The zero-order valence-corrected chi connectivity index (χ0v) is 16.3. The van der Waals surface area contributed by atoms with E-state index in [1.807, 2.05) is 0 Å². The lowest BCUT2D eigenvalue weighted by atomic mass is 10.1. The smallest absolute Gasteiger partial charge is 0.433 e. The molecule has 1 aromatic carbocycles. The molecule has 0 atom stereocenters. The number of anilines is 2. The van der Waals surface area contributed by atoms with Gasteiger partial charge < -0.3 is 15.7 Å². The number of rotatable bonds is 6. The van der Waals surface area contributed by atoms with E-state index in [9.17, 15) is 13.2 Å². The van der Waals surface area contributed by atoms with Gasteiger partial charge in [-0.15, -0.1) is 0 Å². The zero-order valence-electron chi connectivity index (χ0n) is 15.5. The second kappa shape index (κ2) is 11.0. The van der Waals surface area contributed by atoms with Gasteiger partial charge in [-0.25, -0.2) is 9.97 Å². The molecule has 10 heteroatoms. The Morgan fingerprint density at radius 1 is 1.28 bits per heavy atom. The van der Waals surface area contributed by atoms with Crippen molar-refractivity contribution in [3.05, 3.63) is 46.7 Å². The third-order valence-electron chi connectivity index (χ3n) is 4.44. The van der Waals surface area contributed by atoms with Gasteiger partial charge in [-0.1, -0.05) is 30.5 Å². The number of carboxylic acid groups (broad SMARTS) is 1. The van der Waals surface area contributed by atoms with Crippen LogP contribution in [0.25, 0.3) is 0 Å². The summed E-state index contributed by atoms with van der Waals surface area (Å²) in [5.41, 5.74) is -0.346. The molecule has 3 rings (SSSR count). The zero-order chi connectivity index (χ0) is 21.3. The summed E-state index contributed by atoms with van der Waals surface area (Å²) in [5, 5.41) is 13.2. The number of hydrogen-bond donors (Lipinski definition) is 3. The van der Waals surface area contributed by atoms with E-state index in [-0.39, 0.29) is 24.5 Å². The van der Waals surface area contributed by atoms with Gasteiger partial charge in [-0.05, 0) is 43.5 Å². The highest BCUT2D eigenvalue weighted by atomic mass is 35.5. The van der Waals surface area contributed by atoms with E-state index in [2.05, 4.69) is 20.6 Å². The molecule has 1 saturated carbocycles. The Morgan fingerprint density at radius 2 is 1.97 bits per heavy atom. The molecular weight excluding hydrogens is 409 g/mol. The van der Waals surface area contributed by atoms with E-state index in [1.165, 1.54) is 19.0 Å². The fourth-order valence-corrected chi connectivity index (χ4v) is 3.35. The molecule has 0 aliphatic heterocycles. The minimum absolute atomic E-state index is 0.0483. The molecule has 1 aromatic heterocycles. The summed E-state index contributed by atoms with van der Waals surface area (Å²) in [5.74, 6) is 0.438. The first-order valence-corrected chi connectivity index (χ1v) is 9.45. The first-order chi connectivity index (χ1) is 13.8. The van der Waals surface area contributed by atoms with Crippen LogP contribution in [-0.4, -0.2) is 28.1 Å². The molecule has 1 aliphatic rings. The third kappa shape index (κ3) is 7.51. The minimum Gasteiger partial charge on any atom is -0.483 e. The molecule has 1 aliphatic carbocycles. The molecule has 0 radical (unpaired) electrons. The van der Waals surface area contributed by atoms with E-state index >= 15 is 0 Å². The topological polar surface area (TPSA) is 87.1 Å². The van der Waals surface area contributed by atoms with Crippen LogP contribution in [0, 0.1) is 5.92 Å². The molecular formula is C19H22ClF3N4O2. The van der Waals surface area contributed by atoms with Gasteiger partial charge in [0.1, 0.15) is 0 Å². The van der Waals surface area contributed by atoms with Crippen LogP contribution in [0.2, 0.25) is 5.02 Å². The van der Waals surface area contributed by atoms with Gasteiger partial charge in [0.05, 0.1) is 0 Å². The van der Waals surface area contributed by atoms with Crippen molar-refractivity contribution in [1.29, 1.82) is 0 Å². The van der Waals surface area contributed by atoms with Gasteiger partial charge in [-0.3, -0.25) is 4.79 Å². The van der Waals surface area contributed by atoms with Gasteiger partial charge in [0.25, 0.3) is 6.47 Å². The Labute approximate surface area is 171 Å². The third-order valence-corrected chi connectivity index (χ3v) is 4.67. The van der Waals surface area contributed by atoms with Crippen LogP contribution < -0.4 is 10.6 Å². The van der Waals surface area contributed by atoms with E-state index in [1.54, 1.807) is 24.3 Å². The lowest BCUT2D eigenvalue weighted by molar-refractivity contribution is -0.141. The standard InChI is InChI=1S/C18H20ClF3N4.CH2O2/c19-14-6-3-7-15(8-14)25-17-24-11-13(16(26-17)18(20,21)22)10-23-9-12-4-1-2-5-12;2-1-3/h3,6-8,11-12,23H,1-2,4-5,9-10H2,(H,24,25,26);1H,(H,2,3). The molecule has 0 saturated heterocycles. The molecule has 0 bridgehead atoms. The van der Waals surface area contributed by atoms with Crippen molar-refractivity contribution in [2.45, 2.75) is 38.4 Å². The van der Waals surface area contributed by atoms with Crippen molar-refractivity contribution in [3.63, 3.8) is 0 Å². The van der Waals surface area contributed by atoms with Gasteiger partial charge in [0.2, 0.25) is 5.95 Å². The van der Waals surface area contributed by atoms with E-state index < -0.39 is 11.9 Å². The Balaban J connectivity index is 0.000000941. The lowest BCUT2D eigenvalue weighted by Gasteiger charge is -2.15. The summed E-state index contributed by atoms with van der Waals surface area (Å²) < 4.78 is 40.2. The maximum absolute atomic E-state index is 13.4. The minimum atomic E-state index is -4.54. The largest absolute Gasteiger partial charge is 0.483 e. The summed E-state index contributed by atoms with van der Waals surface area (Å²) >= 11 is 5.88. The maximum atomic E-state index is 13.4. The van der Waals surface area contributed by atoms with Crippen molar-refractivity contribution < 1.29 is 23.1 Å². The normalized spacial score (nSPS) is 14.2. The number of alkyl halides is 3. The summed E-state index contributed by atoms with van der Waals surface area (Å²) in [7, 11) is 0. The van der Waals surface area contributed by atoms with Crippen molar-refractivity contribution in [3.8, 4) is 0 Å². The van der Waals surface area contributed by atoms with E-state index in [4.69, 9.17) is 21.5 Å². The predicted octanol–water partition coefficient (Wildman–Crippen LogP) is 4.87. The predicted molar refractivity (Wildman–Crippen MR) is 104 cm³/mol. The second-order valence-electron chi connectivity index (χ2n) is 6.59. The summed E-state index contributed by atoms with van der Waals surface area (Å²) in [4.78, 5) is 16.1. The number of halogens is 4. The Bertz CT molecular complexity index is 799. The van der Waals surface area contributed by atoms with Gasteiger partial charge in [-0.2, -0.15) is 13.2 Å². The van der Waals surface area contributed by atoms with Crippen LogP contribution in [0.5, 0.6) is 0 Å². The maximum Gasteiger partial charge on any atom is 0.433 e. The fraction of sp³-hybridized carbons (Fsp3) is 0.421. The average molecular weight is 431 g/mol. The highest BCUT2D eigenvalue weighted by molar-refractivity contribution is 6.30. The van der Waals surface area contributed by atoms with Crippen molar-refractivity contribution in [2.24, 2.45) is 5.92 Å². The van der Waals surface area contributed by atoms with Crippen LogP contribution in [0.15, 0.2) is 30.5 Å². The summed E-state index contributed by atoms with van der Waals surface area (Å²) in [6, 6.07) is 6.64. The average Bonchev–Trinajstić information content (AvgIpc) is 3.16. The molecule has 0 amide bonds. The quantitative estimate of drug-likeness (QED) is 0.566. The van der Waals surface area contributed by atoms with Crippen LogP contribution in [0.3, 0.4) is 0 Å². The number of carbonyl (C=O) groups is 1. The Morgan fingerprint density at radius 3 is 2.59 bits per heavy atom. The number of nitrogens with one attached hydrogen (secondary N) is 2. The fourth-order valence-electron chi connectivity index (χ4n) is 3.16. The second-order valence-corrected chi connectivity index (χ2v) is 7.02. The summed E-state index contributed by atoms with van der Waals surface area (Å²) in [6.45, 7) is 0.572. The molecule has 29 heavy (non-hydrogen) atoms. The molecule has 3 N–H and O–H groups in total. The Kier molecular flexibility index (Phi) is 8.66. The highest BCUT2D eigenvalue weighted by Gasteiger charge is 2.36. The van der Waals surface area contributed by atoms with Gasteiger partial charge in [0.15, 0.2) is 5.69 Å². The number of hydrogen-bond acceptors (Lipinski definition) is 5. The lowest BCUT2D eigenvalue weighted by Crippen LogP contribution is -2.24. The monoisotopic (exact) mass is 430 g/mol. The molecule has 1 fully saturated rings. The number of benzene rings is 1. The molecule has 0 unspecified atom stereocenters. The molecule has 0 spiro atoms. The SMILES string of the molecule is FC(F)(F)c1nc(Nc2cccc(Cl)c2)ncc1CNCC1CCCC1.O=CO. The molecule has 2 aromatic rings. The van der Waals surface area contributed by atoms with Gasteiger partial charge >= 0.3 is 6.18 Å². The first-order valence-electron chi connectivity index (χ1n) is 9.07. The van der Waals surface area contributed by atoms with Crippen molar-refractivity contribution >= 4 is 29.7 Å².